The lowest BCUT2D eigenvalue weighted by atomic mass is 9.94. The van der Waals surface area contributed by atoms with Gasteiger partial charge in [-0.1, -0.05) is 12.1 Å². The fourth-order valence-electron chi connectivity index (χ4n) is 1.98. The Kier molecular flexibility index (Phi) is 3.20. The van der Waals surface area contributed by atoms with E-state index in [0.29, 0.717) is 0 Å². The Hall–Kier alpha value is -1.02. The van der Waals surface area contributed by atoms with Crippen LogP contribution in [0.15, 0.2) is 18.2 Å². The van der Waals surface area contributed by atoms with Crippen LogP contribution in [-0.4, -0.2) is 19.2 Å². The van der Waals surface area contributed by atoms with E-state index in [-0.39, 0.29) is 5.54 Å². The third kappa shape index (κ3) is 2.56. The van der Waals surface area contributed by atoms with Crippen LogP contribution >= 0.6 is 0 Å². The summed E-state index contributed by atoms with van der Waals surface area (Å²) in [7, 11) is 2.02. The summed E-state index contributed by atoms with van der Waals surface area (Å²) in [5, 5.41) is 3.34. The quantitative estimate of drug-likeness (QED) is 0.840. The summed E-state index contributed by atoms with van der Waals surface area (Å²) < 4.78 is 5.51. The van der Waals surface area contributed by atoms with Gasteiger partial charge in [-0.15, -0.1) is 0 Å². The first-order chi connectivity index (χ1) is 7.61. The summed E-state index contributed by atoms with van der Waals surface area (Å²) in [5.74, 6) is 1.08. The molecule has 88 valence electrons. The number of hydrogen-bond donors (Lipinski definition) is 1. The predicted octanol–water partition coefficient (Wildman–Crippen LogP) is 2.55. The second-order valence-electron chi connectivity index (χ2n) is 5.17. The first-order valence-electron chi connectivity index (χ1n) is 6.04. The zero-order valence-electron chi connectivity index (χ0n) is 10.5. The van der Waals surface area contributed by atoms with Crippen molar-refractivity contribution in [2.75, 3.05) is 13.7 Å². The van der Waals surface area contributed by atoms with Crippen LogP contribution in [0, 0.1) is 0 Å². The van der Waals surface area contributed by atoms with Crippen molar-refractivity contribution in [2.24, 2.45) is 0 Å². The van der Waals surface area contributed by atoms with Gasteiger partial charge in [0.1, 0.15) is 5.75 Å². The Morgan fingerprint density at radius 2 is 2.19 bits per heavy atom. The van der Waals surface area contributed by atoms with Gasteiger partial charge in [0.2, 0.25) is 0 Å². The number of fused-ring (bicyclic) bond motifs is 1. The molecule has 0 radical (unpaired) electrons. The summed E-state index contributed by atoms with van der Waals surface area (Å²) in [6, 6.07) is 6.61. The molecular formula is C14H21NO. The van der Waals surface area contributed by atoms with Crippen molar-refractivity contribution in [3.05, 3.63) is 29.3 Å². The number of benzene rings is 1. The maximum absolute atomic E-state index is 5.51. The molecule has 0 unspecified atom stereocenters. The molecule has 0 bridgehead atoms. The molecule has 1 aromatic rings. The minimum absolute atomic E-state index is 0.218. The van der Waals surface area contributed by atoms with Gasteiger partial charge in [0.25, 0.3) is 0 Å². The molecule has 0 amide bonds. The molecule has 0 aromatic heterocycles. The van der Waals surface area contributed by atoms with Gasteiger partial charge >= 0.3 is 0 Å². The summed E-state index contributed by atoms with van der Waals surface area (Å²) in [6.45, 7) is 5.33. The highest BCUT2D eigenvalue weighted by molar-refractivity contribution is 5.39. The second kappa shape index (κ2) is 4.46. The lowest BCUT2D eigenvalue weighted by Gasteiger charge is -2.23. The number of aryl methyl sites for hydroxylation is 1. The topological polar surface area (TPSA) is 21.3 Å². The van der Waals surface area contributed by atoms with Gasteiger partial charge in [-0.2, -0.15) is 0 Å². The van der Waals surface area contributed by atoms with Gasteiger partial charge in [-0.25, -0.2) is 0 Å². The largest absolute Gasteiger partial charge is 0.493 e. The molecular weight excluding hydrogens is 198 g/mol. The van der Waals surface area contributed by atoms with Crippen LogP contribution in [0.2, 0.25) is 0 Å². The lowest BCUT2D eigenvalue weighted by Crippen LogP contribution is -2.36. The standard InChI is InChI=1S/C14H21NO/c1-14(2,15-3)8-6-11-4-5-13-12(10-11)7-9-16-13/h4-5,10,15H,6-9H2,1-3H3. The molecule has 1 heterocycles. The number of hydrogen-bond acceptors (Lipinski definition) is 2. The van der Waals surface area contributed by atoms with Crippen LogP contribution in [0.5, 0.6) is 5.75 Å². The summed E-state index contributed by atoms with van der Waals surface area (Å²) in [5.41, 5.74) is 3.02. The van der Waals surface area contributed by atoms with E-state index >= 15 is 0 Å². The minimum atomic E-state index is 0.218. The van der Waals surface area contributed by atoms with E-state index in [4.69, 9.17) is 4.74 Å². The molecule has 2 rings (SSSR count). The van der Waals surface area contributed by atoms with Crippen LogP contribution in [0.4, 0.5) is 0 Å². The summed E-state index contributed by atoms with van der Waals surface area (Å²) >= 11 is 0. The zero-order valence-corrected chi connectivity index (χ0v) is 10.5. The summed E-state index contributed by atoms with van der Waals surface area (Å²) in [4.78, 5) is 0. The monoisotopic (exact) mass is 219 g/mol. The molecule has 0 saturated heterocycles. The Bertz CT molecular complexity index is 371. The van der Waals surface area contributed by atoms with Crippen LogP contribution in [0.3, 0.4) is 0 Å². The van der Waals surface area contributed by atoms with Crippen LogP contribution in [0.25, 0.3) is 0 Å². The second-order valence-corrected chi connectivity index (χ2v) is 5.17. The van der Waals surface area contributed by atoms with Crippen molar-refractivity contribution in [2.45, 2.75) is 38.6 Å². The van der Waals surface area contributed by atoms with E-state index in [1.54, 1.807) is 0 Å². The molecule has 1 aliphatic heterocycles. The molecule has 1 aromatic carbocycles. The van der Waals surface area contributed by atoms with Gasteiger partial charge in [0, 0.05) is 12.0 Å². The third-order valence-electron chi connectivity index (χ3n) is 3.47. The molecule has 1 aliphatic rings. The average molecular weight is 219 g/mol. The van der Waals surface area contributed by atoms with Crippen molar-refractivity contribution in [1.29, 1.82) is 0 Å². The Balaban J connectivity index is 2.00. The van der Waals surface area contributed by atoms with Gasteiger partial charge in [-0.05, 0) is 50.9 Å². The molecule has 1 N–H and O–H groups in total. The van der Waals surface area contributed by atoms with Gasteiger partial charge in [0.05, 0.1) is 6.61 Å². The van der Waals surface area contributed by atoms with Gasteiger partial charge in [0.15, 0.2) is 0 Å². The van der Waals surface area contributed by atoms with Crippen LogP contribution in [0.1, 0.15) is 31.4 Å². The Morgan fingerprint density at radius 3 is 2.94 bits per heavy atom. The third-order valence-corrected chi connectivity index (χ3v) is 3.47. The highest BCUT2D eigenvalue weighted by Gasteiger charge is 2.16. The maximum Gasteiger partial charge on any atom is 0.122 e. The smallest absolute Gasteiger partial charge is 0.122 e. The van der Waals surface area contributed by atoms with Crippen LogP contribution < -0.4 is 10.1 Å². The maximum atomic E-state index is 5.51. The molecule has 0 saturated carbocycles. The number of rotatable bonds is 4. The lowest BCUT2D eigenvalue weighted by molar-refractivity contribution is 0.356. The molecule has 0 aliphatic carbocycles. The molecule has 2 heteroatoms. The van der Waals surface area contributed by atoms with Crippen molar-refractivity contribution in [3.8, 4) is 5.75 Å². The molecule has 0 atom stereocenters. The van der Waals surface area contributed by atoms with Gasteiger partial charge in [-0.3, -0.25) is 0 Å². The van der Waals surface area contributed by atoms with E-state index in [1.165, 1.54) is 11.1 Å². The van der Waals surface area contributed by atoms with Crippen LogP contribution in [-0.2, 0) is 12.8 Å². The van der Waals surface area contributed by atoms with E-state index < -0.39 is 0 Å². The highest BCUT2D eigenvalue weighted by atomic mass is 16.5. The Morgan fingerprint density at radius 1 is 1.38 bits per heavy atom. The molecule has 16 heavy (non-hydrogen) atoms. The van der Waals surface area contributed by atoms with E-state index in [9.17, 15) is 0 Å². The summed E-state index contributed by atoms with van der Waals surface area (Å²) in [6.07, 6.45) is 3.35. The molecule has 0 fully saturated rings. The average Bonchev–Trinajstić information content (AvgIpc) is 2.73. The van der Waals surface area contributed by atoms with E-state index in [0.717, 1.165) is 31.6 Å². The predicted molar refractivity (Wildman–Crippen MR) is 67.1 cm³/mol. The van der Waals surface area contributed by atoms with Crippen molar-refractivity contribution in [3.63, 3.8) is 0 Å². The zero-order chi connectivity index (χ0) is 11.6. The highest BCUT2D eigenvalue weighted by Crippen LogP contribution is 2.26. The molecule has 2 nitrogen and oxygen atoms in total. The van der Waals surface area contributed by atoms with Crippen molar-refractivity contribution >= 4 is 0 Å². The Labute approximate surface area is 98.0 Å². The number of nitrogens with one attached hydrogen (secondary N) is 1. The first kappa shape index (κ1) is 11.5. The van der Waals surface area contributed by atoms with Crippen molar-refractivity contribution in [1.82, 2.24) is 5.32 Å². The molecule has 0 spiro atoms. The first-order valence-corrected chi connectivity index (χ1v) is 6.04. The minimum Gasteiger partial charge on any atom is -0.493 e. The van der Waals surface area contributed by atoms with E-state index in [1.807, 2.05) is 7.05 Å². The van der Waals surface area contributed by atoms with Gasteiger partial charge < -0.3 is 10.1 Å². The normalized spacial score (nSPS) is 14.7. The fourth-order valence-corrected chi connectivity index (χ4v) is 1.98. The fraction of sp³-hybridized carbons (Fsp3) is 0.571. The van der Waals surface area contributed by atoms with Crippen molar-refractivity contribution < 1.29 is 4.74 Å². The SMILES string of the molecule is CNC(C)(C)CCc1ccc2c(c1)CCO2. The number of ether oxygens (including phenoxy) is 1. The van der Waals surface area contributed by atoms with E-state index in [2.05, 4.69) is 37.4 Å².